The Morgan fingerprint density at radius 2 is 2.16 bits per heavy atom. The maximum Gasteiger partial charge on any atom is 0.124 e. The Morgan fingerprint density at radius 1 is 1.42 bits per heavy atom. The van der Waals surface area contributed by atoms with Crippen molar-refractivity contribution in [2.75, 3.05) is 26.3 Å². The summed E-state index contributed by atoms with van der Waals surface area (Å²) in [6.07, 6.45) is 1.00. The summed E-state index contributed by atoms with van der Waals surface area (Å²) in [6.45, 7) is 7.85. The molecule has 0 saturated carbocycles. The zero-order chi connectivity index (χ0) is 14.1. The van der Waals surface area contributed by atoms with Gasteiger partial charge in [-0.25, -0.2) is 0 Å². The van der Waals surface area contributed by atoms with Gasteiger partial charge in [0.25, 0.3) is 0 Å². The smallest absolute Gasteiger partial charge is 0.124 e. The quantitative estimate of drug-likeness (QED) is 0.663. The van der Waals surface area contributed by atoms with E-state index in [2.05, 4.69) is 11.5 Å². The van der Waals surface area contributed by atoms with Crippen LogP contribution in [-0.2, 0) is 6.54 Å². The molecular formula is C15H23NO3. The Labute approximate surface area is 114 Å². The molecule has 4 nitrogen and oxygen atoms in total. The van der Waals surface area contributed by atoms with Crippen molar-refractivity contribution in [1.82, 2.24) is 4.90 Å². The molecule has 0 aromatic heterocycles. The number of para-hydroxylation sites is 1. The average Bonchev–Trinajstić information content (AvgIpc) is 2.45. The van der Waals surface area contributed by atoms with Crippen LogP contribution < -0.4 is 4.74 Å². The third kappa shape index (κ3) is 5.42. The number of benzene rings is 1. The predicted octanol–water partition coefficient (Wildman–Crippen LogP) is 1.43. The number of ether oxygens (including phenoxy) is 1. The molecule has 106 valence electrons. The molecule has 0 aliphatic rings. The number of hydrogen-bond acceptors (Lipinski definition) is 4. The van der Waals surface area contributed by atoms with Gasteiger partial charge in [0, 0.05) is 18.7 Å². The molecule has 0 bridgehead atoms. The topological polar surface area (TPSA) is 52.9 Å². The molecule has 0 heterocycles. The maximum absolute atomic E-state index is 9.51. The van der Waals surface area contributed by atoms with Crippen LogP contribution in [0, 0.1) is 0 Å². The highest BCUT2D eigenvalue weighted by Gasteiger charge is 2.12. The van der Waals surface area contributed by atoms with Crippen molar-refractivity contribution in [3.05, 3.63) is 42.5 Å². The fourth-order valence-corrected chi connectivity index (χ4v) is 1.83. The van der Waals surface area contributed by atoms with Gasteiger partial charge in [-0.1, -0.05) is 37.8 Å². The summed E-state index contributed by atoms with van der Waals surface area (Å²) in [7, 11) is 0. The van der Waals surface area contributed by atoms with Gasteiger partial charge < -0.3 is 14.9 Å². The summed E-state index contributed by atoms with van der Waals surface area (Å²) in [4.78, 5) is 2.07. The van der Waals surface area contributed by atoms with Crippen molar-refractivity contribution < 1.29 is 14.9 Å². The lowest BCUT2D eigenvalue weighted by Gasteiger charge is -2.23. The van der Waals surface area contributed by atoms with Gasteiger partial charge in [0.15, 0.2) is 0 Å². The van der Waals surface area contributed by atoms with E-state index < -0.39 is 6.10 Å². The van der Waals surface area contributed by atoms with Gasteiger partial charge in [-0.3, -0.25) is 4.90 Å². The minimum absolute atomic E-state index is 0.217. The molecule has 0 saturated heterocycles. The molecule has 1 aromatic rings. The second kappa shape index (κ2) is 8.69. The van der Waals surface area contributed by atoms with Gasteiger partial charge in [0.05, 0.1) is 12.7 Å². The maximum atomic E-state index is 9.51. The first kappa shape index (κ1) is 15.7. The van der Waals surface area contributed by atoms with Crippen molar-refractivity contribution in [2.24, 2.45) is 0 Å². The monoisotopic (exact) mass is 265 g/mol. The first-order chi connectivity index (χ1) is 9.21. The van der Waals surface area contributed by atoms with Crippen molar-refractivity contribution in [3.8, 4) is 5.75 Å². The van der Waals surface area contributed by atoms with Crippen LogP contribution in [-0.4, -0.2) is 47.5 Å². The van der Waals surface area contributed by atoms with Gasteiger partial charge in [0.1, 0.15) is 12.4 Å². The van der Waals surface area contributed by atoms with E-state index in [9.17, 15) is 5.11 Å². The van der Waals surface area contributed by atoms with Crippen molar-refractivity contribution >= 4 is 0 Å². The van der Waals surface area contributed by atoms with Crippen LogP contribution in [0.2, 0.25) is 0 Å². The Balaban J connectivity index is 2.70. The van der Waals surface area contributed by atoms with Crippen molar-refractivity contribution in [3.63, 3.8) is 0 Å². The first-order valence-corrected chi connectivity index (χ1v) is 6.54. The minimum atomic E-state index is -0.707. The molecular weight excluding hydrogens is 242 g/mol. The van der Waals surface area contributed by atoms with Gasteiger partial charge >= 0.3 is 0 Å². The summed E-state index contributed by atoms with van der Waals surface area (Å²) in [6, 6.07) is 7.83. The van der Waals surface area contributed by atoms with E-state index in [1.54, 1.807) is 6.08 Å². The number of nitrogens with zero attached hydrogens (tertiary/aromatic N) is 1. The zero-order valence-electron chi connectivity index (χ0n) is 11.5. The molecule has 0 unspecified atom stereocenters. The van der Waals surface area contributed by atoms with Crippen LogP contribution in [0.15, 0.2) is 36.9 Å². The molecule has 1 aromatic carbocycles. The minimum Gasteiger partial charge on any atom is -0.489 e. The number of aliphatic hydroxyl groups excluding tert-OH is 2. The number of likely N-dealkylation sites (N-methyl/N-ethyl adjacent to an activating group) is 1. The lowest BCUT2D eigenvalue weighted by molar-refractivity contribution is 0.0582. The van der Waals surface area contributed by atoms with Gasteiger partial charge in [-0.05, 0) is 12.6 Å². The number of aliphatic hydroxyl groups is 2. The summed E-state index contributed by atoms with van der Waals surface area (Å²) in [5.74, 6) is 0.833. The summed E-state index contributed by atoms with van der Waals surface area (Å²) in [5, 5.41) is 18.4. The number of hydrogen-bond donors (Lipinski definition) is 2. The third-order valence-corrected chi connectivity index (χ3v) is 2.85. The molecule has 1 atom stereocenters. The largest absolute Gasteiger partial charge is 0.489 e. The van der Waals surface area contributed by atoms with Crippen LogP contribution in [0.5, 0.6) is 5.75 Å². The van der Waals surface area contributed by atoms with Gasteiger partial charge in [0.2, 0.25) is 0 Å². The van der Waals surface area contributed by atoms with E-state index in [0.29, 0.717) is 19.7 Å². The molecule has 0 fully saturated rings. The van der Waals surface area contributed by atoms with Gasteiger partial charge in [-0.15, -0.1) is 0 Å². The second-order valence-electron chi connectivity index (χ2n) is 4.37. The lowest BCUT2D eigenvalue weighted by atomic mass is 10.2. The number of rotatable bonds is 9. The lowest BCUT2D eigenvalue weighted by Crippen LogP contribution is -2.33. The van der Waals surface area contributed by atoms with Crippen LogP contribution in [0.4, 0.5) is 0 Å². The fourth-order valence-electron chi connectivity index (χ4n) is 1.83. The average molecular weight is 265 g/mol. The Kier molecular flexibility index (Phi) is 7.18. The predicted molar refractivity (Wildman–Crippen MR) is 76.2 cm³/mol. The zero-order valence-corrected chi connectivity index (χ0v) is 11.5. The van der Waals surface area contributed by atoms with Crippen molar-refractivity contribution in [1.29, 1.82) is 0 Å². The van der Waals surface area contributed by atoms with Crippen LogP contribution in [0.1, 0.15) is 12.5 Å². The highest BCUT2D eigenvalue weighted by Crippen LogP contribution is 2.20. The standard InChI is InChI=1S/C15H23NO3/c1-3-9-19-15-8-6-5-7-13(15)10-16(4-2)11-14(18)12-17/h3,5-8,14,17-18H,1,4,9-12H2,2H3/t14-/m0/s1. The Hall–Kier alpha value is -1.36. The molecule has 0 spiro atoms. The van der Waals surface area contributed by atoms with E-state index in [4.69, 9.17) is 9.84 Å². The SMILES string of the molecule is C=CCOc1ccccc1CN(CC)C[C@H](O)CO. The molecule has 0 amide bonds. The van der Waals surface area contributed by atoms with Crippen molar-refractivity contribution in [2.45, 2.75) is 19.6 Å². The van der Waals surface area contributed by atoms with Gasteiger partial charge in [-0.2, -0.15) is 0 Å². The van der Waals surface area contributed by atoms with Crippen LogP contribution in [0.3, 0.4) is 0 Å². The molecule has 0 aliphatic heterocycles. The highest BCUT2D eigenvalue weighted by molar-refractivity contribution is 5.33. The Morgan fingerprint density at radius 3 is 2.79 bits per heavy atom. The third-order valence-electron chi connectivity index (χ3n) is 2.85. The van der Waals surface area contributed by atoms with E-state index in [1.165, 1.54) is 0 Å². The van der Waals surface area contributed by atoms with E-state index in [1.807, 2.05) is 31.2 Å². The molecule has 0 aliphatic carbocycles. The molecule has 2 N–H and O–H groups in total. The summed E-state index contributed by atoms with van der Waals surface area (Å²) in [5.41, 5.74) is 1.07. The summed E-state index contributed by atoms with van der Waals surface area (Å²) >= 11 is 0. The van der Waals surface area contributed by atoms with E-state index >= 15 is 0 Å². The van der Waals surface area contributed by atoms with E-state index in [-0.39, 0.29) is 6.61 Å². The molecule has 0 radical (unpaired) electrons. The molecule has 19 heavy (non-hydrogen) atoms. The molecule has 4 heteroatoms. The first-order valence-electron chi connectivity index (χ1n) is 6.54. The second-order valence-corrected chi connectivity index (χ2v) is 4.37. The Bertz CT molecular complexity index is 381. The van der Waals surface area contributed by atoms with E-state index in [0.717, 1.165) is 17.9 Å². The highest BCUT2D eigenvalue weighted by atomic mass is 16.5. The normalized spacial score (nSPS) is 12.4. The van der Waals surface area contributed by atoms with Crippen LogP contribution in [0.25, 0.3) is 0 Å². The fraction of sp³-hybridized carbons (Fsp3) is 0.467. The van der Waals surface area contributed by atoms with Crippen LogP contribution >= 0.6 is 0 Å². The summed E-state index contributed by atoms with van der Waals surface area (Å²) < 4.78 is 5.61. The molecule has 1 rings (SSSR count).